The van der Waals surface area contributed by atoms with Gasteiger partial charge in [-0.25, -0.2) is 0 Å². The fourth-order valence-corrected chi connectivity index (χ4v) is 2.28. The zero-order chi connectivity index (χ0) is 16.1. The van der Waals surface area contributed by atoms with Crippen LogP contribution in [0, 0.1) is 10.1 Å². The molecule has 0 saturated heterocycles. The molecule has 0 N–H and O–H groups in total. The average molecular weight is 305 g/mol. The van der Waals surface area contributed by atoms with Crippen molar-refractivity contribution in [2.75, 3.05) is 0 Å². The highest BCUT2D eigenvalue weighted by atomic mass is 16.6. The zero-order valence-corrected chi connectivity index (χ0v) is 12.4. The summed E-state index contributed by atoms with van der Waals surface area (Å²) < 4.78 is 5.70. The summed E-state index contributed by atoms with van der Waals surface area (Å²) in [6.07, 6.45) is 0.874. The van der Waals surface area contributed by atoms with Gasteiger partial charge in [-0.3, -0.25) is 10.1 Å². The van der Waals surface area contributed by atoms with Crippen LogP contribution in [0.15, 0.2) is 78.9 Å². The predicted molar refractivity (Wildman–Crippen MR) is 88.9 cm³/mol. The molecule has 3 rings (SSSR count). The topological polar surface area (TPSA) is 52.4 Å². The molecule has 0 aliphatic rings. The Morgan fingerprint density at radius 1 is 0.739 bits per heavy atom. The van der Waals surface area contributed by atoms with Gasteiger partial charge in [-0.15, -0.1) is 0 Å². The molecule has 0 saturated carbocycles. The van der Waals surface area contributed by atoms with Crippen LogP contribution in [0.25, 0.3) is 0 Å². The summed E-state index contributed by atoms with van der Waals surface area (Å²) in [5, 5.41) is 10.6. The monoisotopic (exact) mass is 305 g/mol. The number of nitro groups is 1. The minimum Gasteiger partial charge on any atom is -0.457 e. The maximum atomic E-state index is 10.6. The summed E-state index contributed by atoms with van der Waals surface area (Å²) >= 11 is 0. The second-order valence-corrected chi connectivity index (χ2v) is 5.16. The molecule has 3 aromatic rings. The molecule has 0 heterocycles. The summed E-state index contributed by atoms with van der Waals surface area (Å²) in [4.78, 5) is 10.2. The second-order valence-electron chi connectivity index (χ2n) is 5.16. The van der Waals surface area contributed by atoms with Gasteiger partial charge in [-0.2, -0.15) is 0 Å². The third-order valence-corrected chi connectivity index (χ3v) is 3.46. The summed E-state index contributed by atoms with van der Waals surface area (Å²) in [6.45, 7) is 0. The van der Waals surface area contributed by atoms with E-state index in [-0.39, 0.29) is 5.69 Å². The van der Waals surface area contributed by atoms with E-state index < -0.39 is 4.92 Å². The Morgan fingerprint density at radius 3 is 1.83 bits per heavy atom. The van der Waals surface area contributed by atoms with E-state index in [1.54, 1.807) is 12.1 Å². The molecule has 0 fully saturated rings. The molecule has 3 aromatic carbocycles. The van der Waals surface area contributed by atoms with Crippen LogP contribution >= 0.6 is 0 Å². The fraction of sp³-hybridized carbons (Fsp3) is 0.0526. The van der Waals surface area contributed by atoms with E-state index in [1.807, 2.05) is 42.5 Å². The fourth-order valence-electron chi connectivity index (χ4n) is 2.28. The number of ether oxygens (including phenoxy) is 1. The Kier molecular flexibility index (Phi) is 4.34. The van der Waals surface area contributed by atoms with E-state index in [9.17, 15) is 10.1 Å². The van der Waals surface area contributed by atoms with Crippen LogP contribution in [0.4, 0.5) is 5.69 Å². The molecule has 0 bridgehead atoms. The van der Waals surface area contributed by atoms with Crippen molar-refractivity contribution in [2.45, 2.75) is 6.42 Å². The molecule has 0 radical (unpaired) electrons. The average Bonchev–Trinajstić information content (AvgIpc) is 2.58. The van der Waals surface area contributed by atoms with Crippen molar-refractivity contribution in [2.24, 2.45) is 0 Å². The number of rotatable bonds is 5. The van der Waals surface area contributed by atoms with Gasteiger partial charge in [0.15, 0.2) is 0 Å². The largest absolute Gasteiger partial charge is 0.457 e. The van der Waals surface area contributed by atoms with E-state index in [0.717, 1.165) is 6.42 Å². The Morgan fingerprint density at radius 2 is 1.26 bits per heavy atom. The predicted octanol–water partition coefficient (Wildman–Crippen LogP) is 4.98. The Balaban J connectivity index is 1.66. The van der Waals surface area contributed by atoms with Crippen molar-refractivity contribution in [3.8, 4) is 11.5 Å². The minimum atomic E-state index is -0.428. The molecule has 0 aliphatic carbocycles. The van der Waals surface area contributed by atoms with Crippen LogP contribution in [0.1, 0.15) is 11.1 Å². The molecule has 4 heteroatoms. The quantitative estimate of drug-likeness (QED) is 0.493. The van der Waals surface area contributed by atoms with Gasteiger partial charge < -0.3 is 4.74 Å². The number of nitrogens with zero attached hydrogens (tertiary/aromatic N) is 1. The smallest absolute Gasteiger partial charge is 0.269 e. The van der Waals surface area contributed by atoms with Crippen LogP contribution in [0.3, 0.4) is 0 Å². The Labute approximate surface area is 134 Å². The van der Waals surface area contributed by atoms with Gasteiger partial charge in [0.25, 0.3) is 5.69 Å². The molecule has 0 spiro atoms. The first kappa shape index (κ1) is 14.8. The van der Waals surface area contributed by atoms with Crippen LogP contribution in [-0.2, 0) is 6.42 Å². The number of hydrogen-bond donors (Lipinski definition) is 0. The molecule has 0 unspecified atom stereocenters. The van der Waals surface area contributed by atoms with Crippen molar-refractivity contribution >= 4 is 5.69 Å². The maximum Gasteiger partial charge on any atom is 0.269 e. The van der Waals surface area contributed by atoms with E-state index in [1.165, 1.54) is 23.3 Å². The number of benzene rings is 3. The number of non-ortho nitro benzene ring substituents is 1. The van der Waals surface area contributed by atoms with Crippen molar-refractivity contribution in [1.29, 1.82) is 0 Å². The van der Waals surface area contributed by atoms with Crippen LogP contribution in [-0.4, -0.2) is 4.92 Å². The lowest BCUT2D eigenvalue weighted by Gasteiger charge is -2.07. The van der Waals surface area contributed by atoms with E-state index in [0.29, 0.717) is 11.5 Å². The third kappa shape index (κ3) is 3.95. The van der Waals surface area contributed by atoms with Crippen molar-refractivity contribution < 1.29 is 9.66 Å². The van der Waals surface area contributed by atoms with Crippen molar-refractivity contribution in [1.82, 2.24) is 0 Å². The van der Waals surface area contributed by atoms with Gasteiger partial charge in [-0.05, 0) is 41.8 Å². The van der Waals surface area contributed by atoms with E-state index in [2.05, 4.69) is 12.1 Å². The SMILES string of the molecule is O=[N+]([O-])c1ccc(Oc2ccc(Cc3ccccc3)cc2)cc1. The third-order valence-electron chi connectivity index (χ3n) is 3.46. The zero-order valence-electron chi connectivity index (χ0n) is 12.4. The van der Waals surface area contributed by atoms with Gasteiger partial charge in [0.05, 0.1) is 4.92 Å². The summed E-state index contributed by atoms with van der Waals surface area (Å²) in [5.74, 6) is 1.28. The molecule has 0 atom stereocenters. The Hall–Kier alpha value is -3.14. The van der Waals surface area contributed by atoms with Crippen LogP contribution in [0.2, 0.25) is 0 Å². The first-order valence-corrected chi connectivity index (χ1v) is 7.26. The van der Waals surface area contributed by atoms with Gasteiger partial charge in [0.1, 0.15) is 11.5 Å². The van der Waals surface area contributed by atoms with E-state index >= 15 is 0 Å². The second kappa shape index (κ2) is 6.75. The van der Waals surface area contributed by atoms with Crippen molar-refractivity contribution in [3.05, 3.63) is 100 Å². The van der Waals surface area contributed by atoms with Crippen molar-refractivity contribution in [3.63, 3.8) is 0 Å². The lowest BCUT2D eigenvalue weighted by molar-refractivity contribution is -0.384. The molecule has 114 valence electrons. The van der Waals surface area contributed by atoms with Gasteiger partial charge in [0.2, 0.25) is 0 Å². The molecular weight excluding hydrogens is 290 g/mol. The molecule has 0 aliphatic heterocycles. The lowest BCUT2D eigenvalue weighted by Crippen LogP contribution is -1.90. The standard InChI is InChI=1S/C19H15NO3/c21-20(22)17-8-12-19(13-9-17)23-18-10-6-16(7-11-18)14-15-4-2-1-3-5-15/h1-13H,14H2. The maximum absolute atomic E-state index is 10.6. The molecule has 0 aromatic heterocycles. The Bertz CT molecular complexity index is 781. The highest BCUT2D eigenvalue weighted by Gasteiger charge is 2.05. The first-order valence-electron chi connectivity index (χ1n) is 7.26. The summed E-state index contributed by atoms with van der Waals surface area (Å²) in [6, 6.07) is 24.2. The number of hydrogen-bond acceptors (Lipinski definition) is 3. The highest BCUT2D eigenvalue weighted by molar-refractivity contribution is 5.39. The minimum absolute atomic E-state index is 0.0514. The lowest BCUT2D eigenvalue weighted by atomic mass is 10.1. The number of nitro benzene ring substituents is 1. The molecule has 4 nitrogen and oxygen atoms in total. The molecule has 23 heavy (non-hydrogen) atoms. The summed E-state index contributed by atoms with van der Waals surface area (Å²) in [7, 11) is 0. The highest BCUT2D eigenvalue weighted by Crippen LogP contribution is 2.24. The normalized spacial score (nSPS) is 10.3. The van der Waals surface area contributed by atoms with Gasteiger partial charge in [0, 0.05) is 12.1 Å². The molecule has 0 amide bonds. The van der Waals surface area contributed by atoms with Gasteiger partial charge >= 0.3 is 0 Å². The van der Waals surface area contributed by atoms with E-state index in [4.69, 9.17) is 4.74 Å². The summed E-state index contributed by atoms with van der Waals surface area (Å²) in [5.41, 5.74) is 2.51. The van der Waals surface area contributed by atoms with Crippen LogP contribution < -0.4 is 4.74 Å². The van der Waals surface area contributed by atoms with Gasteiger partial charge in [-0.1, -0.05) is 42.5 Å². The molecular formula is C19H15NO3. The van der Waals surface area contributed by atoms with Crippen LogP contribution in [0.5, 0.6) is 11.5 Å². The first-order chi connectivity index (χ1) is 11.2.